The smallest absolute Gasteiger partial charge is 0.0841 e. The maximum Gasteiger partial charge on any atom is 0.0841 e. The van der Waals surface area contributed by atoms with Crippen LogP contribution in [0.25, 0.3) is 10.9 Å². The highest BCUT2D eigenvalue weighted by atomic mass is 32.2. The highest BCUT2D eigenvalue weighted by Crippen LogP contribution is 2.27. The van der Waals surface area contributed by atoms with Crippen LogP contribution in [0.5, 0.6) is 0 Å². The molecular formula is C17H25N3S. The molecule has 0 radical (unpaired) electrons. The van der Waals surface area contributed by atoms with E-state index in [1.807, 2.05) is 11.8 Å². The zero-order chi connectivity index (χ0) is 14.7. The molecular weight excluding hydrogens is 278 g/mol. The van der Waals surface area contributed by atoms with Crippen LogP contribution in [0.15, 0.2) is 24.3 Å². The standard InChI is InChI=1S/C17H25N3S/c1-3-20-16-10-6-4-8-13(16)15(19-20)12-18-14-9-5-7-11-17(14)21-2/h4,6,8,10,14,17-18H,3,5,7,9,11-12H2,1-2H3. The molecule has 0 spiro atoms. The molecule has 1 aliphatic carbocycles. The first-order valence-corrected chi connectivity index (χ1v) is 9.33. The van der Waals surface area contributed by atoms with Crippen molar-refractivity contribution in [2.24, 2.45) is 0 Å². The van der Waals surface area contributed by atoms with E-state index in [4.69, 9.17) is 5.10 Å². The van der Waals surface area contributed by atoms with Crippen molar-refractivity contribution in [1.29, 1.82) is 0 Å². The van der Waals surface area contributed by atoms with E-state index >= 15 is 0 Å². The van der Waals surface area contributed by atoms with Gasteiger partial charge in [0.25, 0.3) is 0 Å². The van der Waals surface area contributed by atoms with E-state index in [2.05, 4.69) is 47.4 Å². The van der Waals surface area contributed by atoms with Gasteiger partial charge in [0, 0.05) is 29.8 Å². The summed E-state index contributed by atoms with van der Waals surface area (Å²) in [6.07, 6.45) is 7.64. The van der Waals surface area contributed by atoms with E-state index in [-0.39, 0.29) is 0 Å². The third kappa shape index (κ3) is 3.11. The second-order valence-electron chi connectivity index (χ2n) is 5.83. The number of aromatic nitrogens is 2. The maximum atomic E-state index is 4.79. The van der Waals surface area contributed by atoms with Crippen molar-refractivity contribution in [2.45, 2.75) is 57.0 Å². The van der Waals surface area contributed by atoms with Crippen molar-refractivity contribution >= 4 is 22.7 Å². The molecule has 1 aliphatic rings. The summed E-state index contributed by atoms with van der Waals surface area (Å²) in [5, 5.41) is 10.6. The van der Waals surface area contributed by atoms with E-state index < -0.39 is 0 Å². The van der Waals surface area contributed by atoms with Gasteiger partial charge in [0.15, 0.2) is 0 Å². The number of hydrogen-bond donors (Lipinski definition) is 1. The van der Waals surface area contributed by atoms with Crippen LogP contribution in [-0.2, 0) is 13.1 Å². The van der Waals surface area contributed by atoms with Gasteiger partial charge in [0.05, 0.1) is 11.2 Å². The van der Waals surface area contributed by atoms with Crippen LogP contribution >= 0.6 is 11.8 Å². The second kappa shape index (κ2) is 6.84. The van der Waals surface area contributed by atoms with Gasteiger partial charge in [0.2, 0.25) is 0 Å². The van der Waals surface area contributed by atoms with Crippen LogP contribution in [0, 0.1) is 0 Å². The first-order valence-electron chi connectivity index (χ1n) is 8.04. The lowest BCUT2D eigenvalue weighted by Crippen LogP contribution is -2.40. The third-order valence-electron chi connectivity index (χ3n) is 4.57. The zero-order valence-corrected chi connectivity index (χ0v) is 13.8. The summed E-state index contributed by atoms with van der Waals surface area (Å²) >= 11 is 2.01. The molecule has 1 heterocycles. The Morgan fingerprint density at radius 3 is 2.90 bits per heavy atom. The molecule has 2 aromatic rings. The lowest BCUT2D eigenvalue weighted by atomic mass is 9.95. The van der Waals surface area contributed by atoms with Gasteiger partial charge in [-0.1, -0.05) is 31.0 Å². The molecule has 0 bridgehead atoms. The fraction of sp³-hybridized carbons (Fsp3) is 0.588. The van der Waals surface area contributed by atoms with Crippen LogP contribution in [0.2, 0.25) is 0 Å². The number of hydrogen-bond acceptors (Lipinski definition) is 3. The Morgan fingerprint density at radius 2 is 2.10 bits per heavy atom. The quantitative estimate of drug-likeness (QED) is 0.910. The van der Waals surface area contributed by atoms with Gasteiger partial charge < -0.3 is 5.32 Å². The van der Waals surface area contributed by atoms with Crippen LogP contribution in [-0.4, -0.2) is 27.3 Å². The van der Waals surface area contributed by atoms with Gasteiger partial charge in [0.1, 0.15) is 0 Å². The number of rotatable bonds is 5. The monoisotopic (exact) mass is 303 g/mol. The second-order valence-corrected chi connectivity index (χ2v) is 6.90. The molecule has 3 nitrogen and oxygen atoms in total. The molecule has 21 heavy (non-hydrogen) atoms. The van der Waals surface area contributed by atoms with Gasteiger partial charge >= 0.3 is 0 Å². The molecule has 1 aromatic heterocycles. The van der Waals surface area contributed by atoms with Crippen LogP contribution < -0.4 is 5.32 Å². The van der Waals surface area contributed by atoms with Crippen molar-refractivity contribution in [3.05, 3.63) is 30.0 Å². The lowest BCUT2D eigenvalue weighted by Gasteiger charge is -2.30. The van der Waals surface area contributed by atoms with E-state index in [0.29, 0.717) is 6.04 Å². The SMILES string of the molecule is CCn1nc(CNC2CCCCC2SC)c2ccccc21. The highest BCUT2D eigenvalue weighted by molar-refractivity contribution is 7.99. The molecule has 4 heteroatoms. The van der Waals surface area contributed by atoms with E-state index in [1.165, 1.54) is 42.3 Å². The summed E-state index contributed by atoms with van der Waals surface area (Å²) in [5.41, 5.74) is 2.44. The summed E-state index contributed by atoms with van der Waals surface area (Å²) in [7, 11) is 0. The summed E-state index contributed by atoms with van der Waals surface area (Å²) in [6, 6.07) is 9.20. The molecule has 1 fully saturated rings. The fourth-order valence-corrected chi connectivity index (χ4v) is 4.37. The summed E-state index contributed by atoms with van der Waals surface area (Å²) in [5.74, 6) is 0. The minimum atomic E-state index is 0.638. The van der Waals surface area contributed by atoms with Crippen LogP contribution in [0.1, 0.15) is 38.3 Å². The van der Waals surface area contributed by atoms with Crippen molar-refractivity contribution in [3.8, 4) is 0 Å². The Hall–Kier alpha value is -1.00. The summed E-state index contributed by atoms with van der Waals surface area (Å²) in [4.78, 5) is 0. The molecule has 2 atom stereocenters. The Labute approximate surface area is 131 Å². The Bertz CT molecular complexity index is 593. The maximum absolute atomic E-state index is 4.79. The molecule has 1 saturated carbocycles. The van der Waals surface area contributed by atoms with Gasteiger partial charge in [-0.15, -0.1) is 0 Å². The number of nitrogens with one attached hydrogen (secondary N) is 1. The van der Waals surface area contributed by atoms with Crippen LogP contribution in [0.3, 0.4) is 0 Å². The van der Waals surface area contributed by atoms with Gasteiger partial charge in [-0.05, 0) is 32.1 Å². The number of para-hydroxylation sites is 1. The number of fused-ring (bicyclic) bond motifs is 1. The van der Waals surface area contributed by atoms with E-state index in [0.717, 1.165) is 18.3 Å². The average molecular weight is 303 g/mol. The van der Waals surface area contributed by atoms with E-state index in [9.17, 15) is 0 Å². The fourth-order valence-electron chi connectivity index (χ4n) is 3.41. The van der Waals surface area contributed by atoms with Crippen molar-refractivity contribution in [3.63, 3.8) is 0 Å². The average Bonchev–Trinajstić information content (AvgIpc) is 2.91. The van der Waals surface area contributed by atoms with Gasteiger partial charge in [-0.2, -0.15) is 16.9 Å². The summed E-state index contributed by atoms with van der Waals surface area (Å²) in [6.45, 7) is 3.97. The molecule has 1 aromatic carbocycles. The first kappa shape index (κ1) is 14.9. The zero-order valence-electron chi connectivity index (χ0n) is 13.0. The molecule has 0 saturated heterocycles. The number of thioether (sulfide) groups is 1. The van der Waals surface area contributed by atoms with Gasteiger partial charge in [-0.3, -0.25) is 4.68 Å². The number of aryl methyl sites for hydroxylation is 1. The Kier molecular flexibility index (Phi) is 4.86. The Balaban J connectivity index is 1.75. The Morgan fingerprint density at radius 1 is 1.29 bits per heavy atom. The number of benzene rings is 1. The lowest BCUT2D eigenvalue weighted by molar-refractivity contribution is 0.381. The predicted molar refractivity (Wildman–Crippen MR) is 91.8 cm³/mol. The summed E-state index contributed by atoms with van der Waals surface area (Å²) < 4.78 is 2.11. The topological polar surface area (TPSA) is 29.9 Å². The van der Waals surface area contributed by atoms with Gasteiger partial charge in [-0.25, -0.2) is 0 Å². The van der Waals surface area contributed by atoms with Crippen molar-refractivity contribution in [2.75, 3.05) is 6.26 Å². The normalized spacial score (nSPS) is 22.8. The number of nitrogens with zero attached hydrogens (tertiary/aromatic N) is 2. The molecule has 1 N–H and O–H groups in total. The highest BCUT2D eigenvalue weighted by Gasteiger charge is 2.24. The molecule has 0 amide bonds. The molecule has 0 aliphatic heterocycles. The molecule has 114 valence electrons. The first-order chi connectivity index (χ1) is 10.3. The van der Waals surface area contributed by atoms with Crippen molar-refractivity contribution in [1.82, 2.24) is 15.1 Å². The predicted octanol–water partition coefficient (Wildman–Crippen LogP) is 3.82. The third-order valence-corrected chi connectivity index (χ3v) is 5.74. The molecule has 2 unspecified atom stereocenters. The minimum absolute atomic E-state index is 0.638. The molecule has 3 rings (SSSR count). The largest absolute Gasteiger partial charge is 0.307 e. The van der Waals surface area contributed by atoms with Crippen molar-refractivity contribution < 1.29 is 0 Å². The van der Waals surface area contributed by atoms with E-state index in [1.54, 1.807) is 0 Å². The minimum Gasteiger partial charge on any atom is -0.307 e. The van der Waals surface area contributed by atoms with Crippen LogP contribution in [0.4, 0.5) is 0 Å².